The van der Waals surface area contributed by atoms with Gasteiger partial charge in [-0.05, 0) is 65.5 Å². The van der Waals surface area contributed by atoms with Crippen LogP contribution in [0, 0.1) is 0 Å². The number of nitrogens with one attached hydrogen (secondary N) is 2. The lowest BCUT2D eigenvalue weighted by atomic mass is 10.1. The highest BCUT2D eigenvalue weighted by molar-refractivity contribution is 7.89. The highest BCUT2D eigenvalue weighted by Crippen LogP contribution is 2.23. The van der Waals surface area contributed by atoms with E-state index in [1.54, 1.807) is 23.5 Å². The fourth-order valence-corrected chi connectivity index (χ4v) is 4.69. The largest absolute Gasteiger partial charge is 0.326 e. The van der Waals surface area contributed by atoms with Gasteiger partial charge >= 0.3 is 0 Å². The fourth-order valence-electron chi connectivity index (χ4n) is 2.85. The summed E-state index contributed by atoms with van der Waals surface area (Å²) >= 11 is 1.60. The summed E-state index contributed by atoms with van der Waals surface area (Å²) in [5.74, 6) is 0. The smallest absolute Gasteiger partial charge is 0.240 e. The van der Waals surface area contributed by atoms with Crippen LogP contribution in [0.4, 0.5) is 0 Å². The maximum absolute atomic E-state index is 12.4. The molecule has 160 valence electrons. The van der Waals surface area contributed by atoms with Crippen molar-refractivity contribution in [3.05, 3.63) is 65.0 Å². The molecule has 0 aliphatic rings. The van der Waals surface area contributed by atoms with E-state index in [9.17, 15) is 8.42 Å². The standard InChI is InChI=1S/C20H25N3O2S2.2ClH/c21-15-17-5-3-16(4-6-17)2-1-10-22-11-12-23-27(24,25)19-7-8-20-18(14-19)9-13-26-20;;/h3-9,13-14,22-23H,1-2,10-12,15,21H2;2*1H. The topological polar surface area (TPSA) is 84.2 Å². The van der Waals surface area contributed by atoms with E-state index in [0.717, 1.165) is 35.0 Å². The van der Waals surface area contributed by atoms with E-state index in [1.807, 2.05) is 17.5 Å². The molecule has 0 fully saturated rings. The quantitative estimate of drug-likeness (QED) is 0.390. The van der Waals surface area contributed by atoms with Crippen molar-refractivity contribution in [2.24, 2.45) is 5.73 Å². The first kappa shape index (κ1) is 25.8. The van der Waals surface area contributed by atoms with Gasteiger partial charge in [0, 0.05) is 24.3 Å². The number of thiophene rings is 1. The number of benzene rings is 2. The fraction of sp³-hybridized carbons (Fsp3) is 0.300. The summed E-state index contributed by atoms with van der Waals surface area (Å²) in [5.41, 5.74) is 8.03. The molecule has 0 aliphatic carbocycles. The monoisotopic (exact) mass is 475 g/mol. The van der Waals surface area contributed by atoms with E-state index in [0.29, 0.717) is 24.5 Å². The summed E-state index contributed by atoms with van der Waals surface area (Å²) in [6.07, 6.45) is 1.99. The van der Waals surface area contributed by atoms with Crippen molar-refractivity contribution in [3.8, 4) is 0 Å². The van der Waals surface area contributed by atoms with Crippen LogP contribution < -0.4 is 15.8 Å². The van der Waals surface area contributed by atoms with Gasteiger partial charge in [-0.1, -0.05) is 24.3 Å². The van der Waals surface area contributed by atoms with Crippen LogP contribution in [0.3, 0.4) is 0 Å². The number of aryl methyl sites for hydroxylation is 1. The second-order valence-corrected chi connectivity index (χ2v) is 9.11. The maximum atomic E-state index is 12.4. The van der Waals surface area contributed by atoms with E-state index in [-0.39, 0.29) is 24.8 Å². The zero-order valence-corrected chi connectivity index (χ0v) is 19.2. The van der Waals surface area contributed by atoms with Crippen molar-refractivity contribution in [1.29, 1.82) is 0 Å². The lowest BCUT2D eigenvalue weighted by Gasteiger charge is -2.08. The van der Waals surface area contributed by atoms with Gasteiger partial charge in [-0.2, -0.15) is 0 Å². The molecule has 4 N–H and O–H groups in total. The van der Waals surface area contributed by atoms with E-state index in [4.69, 9.17) is 5.73 Å². The van der Waals surface area contributed by atoms with Crippen LogP contribution in [-0.2, 0) is 23.0 Å². The Labute approximate surface area is 189 Å². The molecule has 3 aromatic rings. The van der Waals surface area contributed by atoms with Crippen molar-refractivity contribution < 1.29 is 8.42 Å². The molecule has 29 heavy (non-hydrogen) atoms. The van der Waals surface area contributed by atoms with E-state index in [2.05, 4.69) is 34.3 Å². The van der Waals surface area contributed by atoms with Crippen LogP contribution in [0.25, 0.3) is 10.1 Å². The Bertz CT molecular complexity index is 977. The Kier molecular flexibility index (Phi) is 11.1. The summed E-state index contributed by atoms with van der Waals surface area (Å²) in [5, 5.41) is 6.20. The zero-order chi connectivity index (χ0) is 19.1. The second kappa shape index (κ2) is 12.5. The lowest BCUT2D eigenvalue weighted by Crippen LogP contribution is -2.32. The molecular formula is C20H27Cl2N3O2S2. The average Bonchev–Trinajstić information content (AvgIpc) is 3.15. The van der Waals surface area contributed by atoms with Gasteiger partial charge in [0.25, 0.3) is 0 Å². The molecule has 0 amide bonds. The molecular weight excluding hydrogens is 449 g/mol. The summed E-state index contributed by atoms with van der Waals surface area (Å²) < 4.78 is 28.5. The number of nitrogens with two attached hydrogens (primary N) is 1. The molecule has 0 saturated heterocycles. The van der Waals surface area contributed by atoms with Crippen LogP contribution in [0.2, 0.25) is 0 Å². The molecule has 3 rings (SSSR count). The minimum absolute atomic E-state index is 0. The first-order chi connectivity index (χ1) is 13.1. The van der Waals surface area contributed by atoms with Crippen LogP contribution in [0.5, 0.6) is 0 Å². The van der Waals surface area contributed by atoms with Crippen molar-refractivity contribution in [2.45, 2.75) is 24.3 Å². The SMILES string of the molecule is Cl.Cl.NCc1ccc(CCCNCCNS(=O)(=O)c2ccc3sccc3c2)cc1. The summed E-state index contributed by atoms with van der Waals surface area (Å²) in [6.45, 7) is 2.39. The van der Waals surface area contributed by atoms with E-state index < -0.39 is 10.0 Å². The normalized spacial score (nSPS) is 11.1. The molecule has 1 heterocycles. The van der Waals surface area contributed by atoms with Crippen molar-refractivity contribution >= 4 is 56.3 Å². The second-order valence-electron chi connectivity index (χ2n) is 6.39. The summed E-state index contributed by atoms with van der Waals surface area (Å²) in [6, 6.07) is 15.5. The Balaban J connectivity index is 0.00000210. The highest BCUT2D eigenvalue weighted by atomic mass is 35.5. The molecule has 0 atom stereocenters. The maximum Gasteiger partial charge on any atom is 0.240 e. The number of fused-ring (bicyclic) bond motifs is 1. The van der Waals surface area contributed by atoms with Crippen LogP contribution >= 0.6 is 36.2 Å². The lowest BCUT2D eigenvalue weighted by molar-refractivity contribution is 0.574. The zero-order valence-electron chi connectivity index (χ0n) is 16.0. The number of hydrogen-bond acceptors (Lipinski definition) is 5. The number of rotatable bonds is 10. The van der Waals surface area contributed by atoms with Crippen molar-refractivity contribution in [2.75, 3.05) is 19.6 Å². The third-order valence-electron chi connectivity index (χ3n) is 4.41. The Morgan fingerprint density at radius 1 is 0.897 bits per heavy atom. The Morgan fingerprint density at radius 2 is 1.62 bits per heavy atom. The van der Waals surface area contributed by atoms with Gasteiger partial charge < -0.3 is 11.1 Å². The Morgan fingerprint density at radius 3 is 2.34 bits per heavy atom. The van der Waals surface area contributed by atoms with Gasteiger partial charge in [0.05, 0.1) is 4.90 Å². The number of halogens is 2. The molecule has 9 heteroatoms. The highest BCUT2D eigenvalue weighted by Gasteiger charge is 2.13. The van der Waals surface area contributed by atoms with Crippen LogP contribution in [0.1, 0.15) is 17.5 Å². The molecule has 0 saturated carbocycles. The molecule has 0 bridgehead atoms. The van der Waals surface area contributed by atoms with Gasteiger partial charge in [-0.3, -0.25) is 0 Å². The number of hydrogen-bond donors (Lipinski definition) is 3. The molecule has 2 aromatic carbocycles. The van der Waals surface area contributed by atoms with Crippen molar-refractivity contribution in [3.63, 3.8) is 0 Å². The van der Waals surface area contributed by atoms with Crippen molar-refractivity contribution in [1.82, 2.24) is 10.0 Å². The predicted molar refractivity (Wildman–Crippen MR) is 127 cm³/mol. The summed E-state index contributed by atoms with van der Waals surface area (Å²) in [4.78, 5) is 0.314. The first-order valence-corrected chi connectivity index (χ1v) is 11.4. The minimum Gasteiger partial charge on any atom is -0.326 e. The molecule has 0 spiro atoms. The van der Waals surface area contributed by atoms with E-state index in [1.165, 1.54) is 5.56 Å². The molecule has 0 unspecified atom stereocenters. The Hall–Kier alpha value is -1.19. The predicted octanol–water partition coefficient (Wildman–Crippen LogP) is 3.70. The minimum atomic E-state index is -3.47. The van der Waals surface area contributed by atoms with Gasteiger partial charge in [0.15, 0.2) is 0 Å². The van der Waals surface area contributed by atoms with Gasteiger partial charge in [0.1, 0.15) is 0 Å². The average molecular weight is 476 g/mol. The van der Waals surface area contributed by atoms with Gasteiger partial charge in [-0.15, -0.1) is 36.2 Å². The van der Waals surface area contributed by atoms with Gasteiger partial charge in [0.2, 0.25) is 10.0 Å². The third kappa shape index (κ3) is 7.53. The summed E-state index contributed by atoms with van der Waals surface area (Å²) in [7, 11) is -3.47. The van der Waals surface area contributed by atoms with Crippen LogP contribution in [-0.4, -0.2) is 28.1 Å². The van der Waals surface area contributed by atoms with Gasteiger partial charge in [-0.25, -0.2) is 13.1 Å². The first-order valence-electron chi connectivity index (χ1n) is 9.04. The number of sulfonamides is 1. The van der Waals surface area contributed by atoms with E-state index >= 15 is 0 Å². The molecule has 0 radical (unpaired) electrons. The van der Waals surface area contributed by atoms with Crippen LogP contribution in [0.15, 0.2) is 58.8 Å². The molecule has 1 aromatic heterocycles. The molecule has 0 aliphatic heterocycles. The third-order valence-corrected chi connectivity index (χ3v) is 6.76. The molecule has 5 nitrogen and oxygen atoms in total.